The van der Waals surface area contributed by atoms with E-state index in [4.69, 9.17) is 4.74 Å². The van der Waals surface area contributed by atoms with Crippen molar-refractivity contribution < 1.29 is 14.3 Å². The maximum atomic E-state index is 13.4. The van der Waals surface area contributed by atoms with Gasteiger partial charge in [0, 0.05) is 78.0 Å². The zero-order chi connectivity index (χ0) is 33.3. The fourth-order valence-electron chi connectivity index (χ4n) is 6.67. The highest BCUT2D eigenvalue weighted by molar-refractivity contribution is 7.99. The van der Waals surface area contributed by atoms with Gasteiger partial charge in [0.1, 0.15) is 5.75 Å². The van der Waals surface area contributed by atoms with Gasteiger partial charge in [0.05, 0.1) is 7.11 Å². The second kappa shape index (κ2) is 16.2. The van der Waals surface area contributed by atoms with Crippen LogP contribution in [0.3, 0.4) is 0 Å². The number of amides is 1. The number of benzene rings is 4. The van der Waals surface area contributed by atoms with Crippen molar-refractivity contribution in [1.29, 1.82) is 0 Å². The molecular weight excluding hydrogens is 615 g/mol. The molecule has 1 aliphatic carbocycles. The number of carbonyl (C=O) groups excluding carboxylic acids is 2. The Morgan fingerprint density at radius 1 is 0.854 bits per heavy atom. The summed E-state index contributed by atoms with van der Waals surface area (Å²) in [5.41, 5.74) is 5.77. The topological polar surface area (TPSA) is 63.6 Å². The molecule has 0 radical (unpaired) electrons. The number of Topliss-reactive ketones (excluding diaryl/α,β-unsaturated/α-hetero) is 1. The van der Waals surface area contributed by atoms with Crippen LogP contribution < -0.4 is 10.1 Å². The first-order valence-electron chi connectivity index (χ1n) is 17.0. The number of carbonyl (C=O) groups is 2. The number of rotatable bonds is 14. The molecular formula is C41H45N3O3S. The summed E-state index contributed by atoms with van der Waals surface area (Å²) in [4.78, 5) is 30.4. The van der Waals surface area contributed by atoms with Gasteiger partial charge in [0.2, 0.25) is 0 Å². The number of aryl methyl sites for hydroxylation is 1. The highest BCUT2D eigenvalue weighted by atomic mass is 32.2. The number of ketones is 1. The smallest absolute Gasteiger partial charge is 0.251 e. The molecule has 0 aliphatic heterocycles. The lowest BCUT2D eigenvalue weighted by molar-refractivity contribution is 0.0889. The van der Waals surface area contributed by atoms with Gasteiger partial charge in [-0.2, -0.15) is 0 Å². The minimum absolute atomic E-state index is 0.0897. The first kappa shape index (κ1) is 33.6. The van der Waals surface area contributed by atoms with Crippen LogP contribution in [0.5, 0.6) is 5.75 Å². The van der Waals surface area contributed by atoms with Gasteiger partial charge in [-0.25, -0.2) is 0 Å². The third-order valence-electron chi connectivity index (χ3n) is 9.34. The summed E-state index contributed by atoms with van der Waals surface area (Å²) in [6.45, 7) is 3.01. The fourth-order valence-corrected chi connectivity index (χ4v) is 7.61. The summed E-state index contributed by atoms with van der Waals surface area (Å²) < 4.78 is 7.46. The van der Waals surface area contributed by atoms with Gasteiger partial charge >= 0.3 is 0 Å². The summed E-state index contributed by atoms with van der Waals surface area (Å²) >= 11 is 1.87. The molecule has 4 aromatic carbocycles. The van der Waals surface area contributed by atoms with Crippen molar-refractivity contribution in [3.63, 3.8) is 0 Å². The second-order valence-corrected chi connectivity index (χ2v) is 14.0. The molecule has 0 saturated heterocycles. The van der Waals surface area contributed by atoms with Crippen molar-refractivity contribution in [1.82, 2.24) is 14.8 Å². The summed E-state index contributed by atoms with van der Waals surface area (Å²) in [7, 11) is 3.67. The van der Waals surface area contributed by atoms with Gasteiger partial charge in [-0.05, 0) is 72.0 Å². The molecule has 1 aromatic heterocycles. The van der Waals surface area contributed by atoms with Gasteiger partial charge in [0.25, 0.3) is 5.91 Å². The van der Waals surface area contributed by atoms with Gasteiger partial charge in [-0.3, -0.25) is 14.5 Å². The van der Waals surface area contributed by atoms with Crippen molar-refractivity contribution in [2.24, 2.45) is 13.0 Å². The van der Waals surface area contributed by atoms with Crippen LogP contribution in [0.2, 0.25) is 0 Å². The van der Waals surface area contributed by atoms with E-state index in [1.807, 2.05) is 59.9 Å². The van der Waals surface area contributed by atoms with Crippen LogP contribution >= 0.6 is 11.8 Å². The predicted molar refractivity (Wildman–Crippen MR) is 196 cm³/mol. The lowest BCUT2D eigenvalue weighted by atomic mass is 9.84. The maximum absolute atomic E-state index is 13.4. The average molecular weight is 660 g/mol. The molecule has 1 heterocycles. The van der Waals surface area contributed by atoms with Gasteiger partial charge in [-0.1, -0.05) is 73.9 Å². The van der Waals surface area contributed by atoms with Gasteiger partial charge in [0.15, 0.2) is 5.78 Å². The third kappa shape index (κ3) is 8.57. The van der Waals surface area contributed by atoms with Crippen molar-refractivity contribution in [2.75, 3.05) is 19.4 Å². The minimum atomic E-state index is -0.138. The van der Waals surface area contributed by atoms with E-state index in [1.54, 1.807) is 7.11 Å². The Kier molecular flexibility index (Phi) is 11.3. The zero-order valence-electron chi connectivity index (χ0n) is 28.0. The summed E-state index contributed by atoms with van der Waals surface area (Å²) in [6.07, 6.45) is 7.30. The number of ether oxygens (including phenoxy) is 1. The van der Waals surface area contributed by atoms with Crippen LogP contribution in [0.4, 0.5) is 0 Å². The highest BCUT2D eigenvalue weighted by Gasteiger charge is 2.25. The Bertz CT molecular complexity index is 1830. The van der Waals surface area contributed by atoms with Crippen molar-refractivity contribution >= 4 is 34.4 Å². The number of fused-ring (bicyclic) bond motifs is 1. The first-order chi connectivity index (χ1) is 23.5. The molecule has 0 spiro atoms. The number of methoxy groups -OCH3 is 1. The molecule has 5 aromatic rings. The zero-order valence-corrected chi connectivity index (χ0v) is 28.8. The van der Waals surface area contributed by atoms with E-state index in [2.05, 4.69) is 76.9 Å². The minimum Gasteiger partial charge on any atom is -0.497 e. The van der Waals surface area contributed by atoms with Crippen LogP contribution in [0.1, 0.15) is 69.5 Å². The van der Waals surface area contributed by atoms with Crippen LogP contribution in [0.15, 0.2) is 108 Å². The summed E-state index contributed by atoms with van der Waals surface area (Å²) in [5.74, 6) is 2.03. The van der Waals surface area contributed by atoms with Gasteiger partial charge in [-0.15, -0.1) is 11.8 Å². The van der Waals surface area contributed by atoms with Crippen molar-refractivity contribution in [3.8, 4) is 5.75 Å². The van der Waals surface area contributed by atoms with Gasteiger partial charge < -0.3 is 14.6 Å². The quantitative estimate of drug-likeness (QED) is 0.0955. The molecule has 0 atom stereocenters. The Hall–Kier alpha value is -4.33. The number of aromatic nitrogens is 1. The molecule has 1 N–H and O–H groups in total. The van der Waals surface area contributed by atoms with Crippen molar-refractivity contribution in [3.05, 3.63) is 131 Å². The van der Waals surface area contributed by atoms with E-state index < -0.39 is 0 Å². The Labute approximate surface area is 288 Å². The van der Waals surface area contributed by atoms with E-state index in [0.29, 0.717) is 12.1 Å². The molecule has 6 nitrogen and oxygen atoms in total. The SMILES string of the molecule is COc1cccc(CN(CCSc2ccccc2)Cc2ccc(CNC(=O)c3ccc4c(c3)c(C(=O)C3CCCCC3)cn4C)cc2)c1. The van der Waals surface area contributed by atoms with Crippen molar-refractivity contribution in [2.45, 2.75) is 56.6 Å². The second-order valence-electron chi connectivity index (χ2n) is 12.8. The van der Waals surface area contributed by atoms with E-state index >= 15 is 0 Å². The normalized spacial score (nSPS) is 13.6. The van der Waals surface area contributed by atoms with E-state index in [9.17, 15) is 9.59 Å². The fraction of sp³-hybridized carbons (Fsp3) is 0.317. The molecule has 0 bridgehead atoms. The van der Waals surface area contributed by atoms with Crippen LogP contribution in [0.25, 0.3) is 10.9 Å². The third-order valence-corrected chi connectivity index (χ3v) is 10.3. The summed E-state index contributed by atoms with van der Waals surface area (Å²) in [6, 6.07) is 33.0. The lowest BCUT2D eigenvalue weighted by Crippen LogP contribution is -2.25. The molecule has 1 fully saturated rings. The Morgan fingerprint density at radius 2 is 1.60 bits per heavy atom. The molecule has 0 unspecified atom stereocenters. The summed E-state index contributed by atoms with van der Waals surface area (Å²) in [5, 5.41) is 3.96. The van der Waals surface area contributed by atoms with Crippen LogP contribution in [0, 0.1) is 5.92 Å². The standard InChI is InChI=1S/C41H45N3O3S/c1-43-29-38(40(45)33-11-5-3-6-12-33)37-25-34(20-21-39(37)43)41(46)42-26-30-16-18-31(19-17-30)27-44(22-23-48-36-14-7-4-8-15-36)28-32-10-9-13-35(24-32)47-2/h4,7-10,13-21,24-25,29,33H,3,5-6,11-12,22-23,26-28H2,1-2H3,(H,42,46). The highest BCUT2D eigenvalue weighted by Crippen LogP contribution is 2.31. The van der Waals surface area contributed by atoms with E-state index in [-0.39, 0.29) is 17.6 Å². The Morgan fingerprint density at radius 3 is 2.38 bits per heavy atom. The largest absolute Gasteiger partial charge is 0.497 e. The maximum Gasteiger partial charge on any atom is 0.251 e. The lowest BCUT2D eigenvalue weighted by Gasteiger charge is -2.23. The number of nitrogens with zero attached hydrogens (tertiary/aromatic N) is 2. The molecule has 1 aliphatic rings. The molecule has 6 rings (SSSR count). The van der Waals surface area contributed by atoms with E-state index in [0.717, 1.165) is 78.8 Å². The first-order valence-corrected chi connectivity index (χ1v) is 18.0. The number of thioether (sulfide) groups is 1. The molecule has 48 heavy (non-hydrogen) atoms. The molecule has 7 heteroatoms. The van der Waals surface area contributed by atoms with Crippen LogP contribution in [-0.2, 0) is 26.7 Å². The number of hydrogen-bond acceptors (Lipinski definition) is 5. The molecule has 1 saturated carbocycles. The molecule has 1 amide bonds. The van der Waals surface area contributed by atoms with Crippen LogP contribution in [-0.4, -0.2) is 40.6 Å². The van der Waals surface area contributed by atoms with E-state index in [1.165, 1.54) is 22.4 Å². The predicted octanol–water partition coefficient (Wildman–Crippen LogP) is 8.67. The average Bonchev–Trinajstić information content (AvgIpc) is 3.47. The number of nitrogens with one attached hydrogen (secondary N) is 1. The Balaban J connectivity index is 1.08. The number of hydrogen-bond donors (Lipinski definition) is 1. The molecule has 248 valence electrons. The monoisotopic (exact) mass is 659 g/mol.